The van der Waals surface area contributed by atoms with Crippen LogP contribution in [0.25, 0.3) is 16.8 Å². The summed E-state index contributed by atoms with van der Waals surface area (Å²) in [6.07, 6.45) is 1.62. The molecule has 4 aromatic carbocycles. The number of amides is 2. The van der Waals surface area contributed by atoms with Crippen molar-refractivity contribution in [3.8, 4) is 17.2 Å². The van der Waals surface area contributed by atoms with Crippen molar-refractivity contribution in [2.24, 2.45) is 0 Å². The Balaban J connectivity index is 1.24. The first kappa shape index (κ1) is 26.6. The molecule has 1 aliphatic heterocycles. The van der Waals surface area contributed by atoms with E-state index in [-0.39, 0.29) is 41.5 Å². The van der Waals surface area contributed by atoms with Crippen molar-refractivity contribution in [1.82, 2.24) is 4.90 Å². The van der Waals surface area contributed by atoms with Gasteiger partial charge in [0.25, 0.3) is 11.1 Å². The molecule has 0 N–H and O–H groups in total. The number of thioether (sulfide) groups is 1. The van der Waals surface area contributed by atoms with Gasteiger partial charge in [-0.05, 0) is 59.1 Å². The number of hydrogen-bond donors (Lipinski definition) is 0. The smallest absolute Gasteiger partial charge is 0.293 e. The van der Waals surface area contributed by atoms with E-state index in [0.717, 1.165) is 22.5 Å². The zero-order chi connectivity index (χ0) is 27.4. The maximum atomic E-state index is 14.1. The van der Waals surface area contributed by atoms with E-state index in [2.05, 4.69) is 0 Å². The van der Waals surface area contributed by atoms with Crippen LogP contribution in [0.1, 0.15) is 11.1 Å². The number of rotatable bonds is 9. The van der Waals surface area contributed by atoms with E-state index in [1.165, 1.54) is 24.1 Å². The highest BCUT2D eigenvalue weighted by atomic mass is 35.5. The molecule has 1 aliphatic rings. The number of carbonyl (C=O) groups excluding carboxylic acids is 2. The topological polar surface area (TPSA) is 65.1 Å². The van der Waals surface area contributed by atoms with E-state index in [1.807, 2.05) is 42.5 Å². The van der Waals surface area contributed by atoms with Gasteiger partial charge in [0.05, 0.1) is 23.6 Å². The van der Waals surface area contributed by atoms with Crippen molar-refractivity contribution in [2.45, 2.75) is 6.61 Å². The monoisotopic (exact) mass is 563 g/mol. The SMILES string of the molecule is COc1cc(/C=C2\SC(=O)N(CCOc3cccc4ccccc34)C2=O)ccc1OCc1c(F)cccc1Cl. The van der Waals surface area contributed by atoms with Gasteiger partial charge in [0.2, 0.25) is 0 Å². The van der Waals surface area contributed by atoms with Crippen molar-refractivity contribution in [1.29, 1.82) is 0 Å². The predicted octanol–water partition coefficient (Wildman–Crippen LogP) is 7.34. The lowest BCUT2D eigenvalue weighted by Crippen LogP contribution is -2.32. The maximum absolute atomic E-state index is 14.1. The standard InChI is InChI=1S/C30H23ClFNO5S/c1-36-27-16-19(12-13-26(27)38-18-22-23(31)9-5-10-24(22)32)17-28-29(34)33(30(35)39-28)14-15-37-25-11-4-7-20-6-2-3-8-21(20)25/h2-13,16-17H,14-15,18H2,1H3/b28-17-. The van der Waals surface area contributed by atoms with E-state index < -0.39 is 5.82 Å². The Hall–Kier alpha value is -4.01. The Morgan fingerprint density at radius 2 is 1.72 bits per heavy atom. The van der Waals surface area contributed by atoms with Gasteiger partial charge < -0.3 is 14.2 Å². The normalized spacial score (nSPS) is 14.3. The molecule has 9 heteroatoms. The molecule has 4 aromatic rings. The van der Waals surface area contributed by atoms with Crippen LogP contribution < -0.4 is 14.2 Å². The molecule has 0 aliphatic carbocycles. The minimum atomic E-state index is -0.462. The fourth-order valence-corrected chi connectivity index (χ4v) is 5.21. The molecule has 0 unspecified atom stereocenters. The third-order valence-electron chi connectivity index (χ3n) is 6.11. The Morgan fingerprint density at radius 1 is 0.923 bits per heavy atom. The van der Waals surface area contributed by atoms with Crippen LogP contribution in [0.15, 0.2) is 83.8 Å². The summed E-state index contributed by atoms with van der Waals surface area (Å²) in [6.45, 7) is 0.214. The van der Waals surface area contributed by atoms with E-state index >= 15 is 0 Å². The van der Waals surface area contributed by atoms with Crippen molar-refractivity contribution >= 4 is 51.4 Å². The van der Waals surface area contributed by atoms with Gasteiger partial charge in [-0.25, -0.2) is 4.39 Å². The van der Waals surface area contributed by atoms with Crippen molar-refractivity contribution in [3.63, 3.8) is 0 Å². The third kappa shape index (κ3) is 5.87. The van der Waals surface area contributed by atoms with Gasteiger partial charge in [-0.15, -0.1) is 0 Å². The number of hydrogen-bond acceptors (Lipinski definition) is 6. The summed E-state index contributed by atoms with van der Waals surface area (Å²) in [5.41, 5.74) is 0.879. The summed E-state index contributed by atoms with van der Waals surface area (Å²) < 4.78 is 31.2. The summed E-state index contributed by atoms with van der Waals surface area (Å²) >= 11 is 6.95. The molecule has 0 atom stereocenters. The molecule has 0 spiro atoms. The van der Waals surface area contributed by atoms with Crippen molar-refractivity contribution in [3.05, 3.63) is 106 Å². The molecule has 1 heterocycles. The maximum Gasteiger partial charge on any atom is 0.293 e. The van der Waals surface area contributed by atoms with Crippen LogP contribution in [-0.4, -0.2) is 36.3 Å². The van der Waals surface area contributed by atoms with Crippen LogP contribution in [0.5, 0.6) is 17.2 Å². The first-order valence-corrected chi connectivity index (χ1v) is 13.2. The van der Waals surface area contributed by atoms with E-state index in [0.29, 0.717) is 27.7 Å². The molecular weight excluding hydrogens is 541 g/mol. The zero-order valence-corrected chi connectivity index (χ0v) is 22.4. The second-order valence-electron chi connectivity index (χ2n) is 8.56. The largest absolute Gasteiger partial charge is 0.493 e. The van der Waals surface area contributed by atoms with Crippen LogP contribution in [0, 0.1) is 5.82 Å². The first-order valence-electron chi connectivity index (χ1n) is 12.0. The number of imide groups is 1. The molecule has 198 valence electrons. The second kappa shape index (κ2) is 11.8. The van der Waals surface area contributed by atoms with Gasteiger partial charge in [-0.3, -0.25) is 14.5 Å². The average Bonchev–Trinajstić information content (AvgIpc) is 3.20. The van der Waals surface area contributed by atoms with Gasteiger partial charge in [0, 0.05) is 10.9 Å². The van der Waals surface area contributed by atoms with E-state index in [4.69, 9.17) is 25.8 Å². The zero-order valence-electron chi connectivity index (χ0n) is 20.9. The first-order chi connectivity index (χ1) is 18.9. The van der Waals surface area contributed by atoms with Crippen LogP contribution >= 0.6 is 23.4 Å². The van der Waals surface area contributed by atoms with Crippen LogP contribution in [0.2, 0.25) is 5.02 Å². The molecule has 0 bridgehead atoms. The Bertz CT molecular complexity index is 1570. The molecule has 39 heavy (non-hydrogen) atoms. The highest BCUT2D eigenvalue weighted by Crippen LogP contribution is 2.35. The average molecular weight is 564 g/mol. The predicted molar refractivity (Wildman–Crippen MR) is 151 cm³/mol. The van der Waals surface area contributed by atoms with Crippen molar-refractivity contribution < 1.29 is 28.2 Å². The highest BCUT2D eigenvalue weighted by Gasteiger charge is 2.34. The lowest BCUT2D eigenvalue weighted by Gasteiger charge is -2.14. The fraction of sp³-hybridized carbons (Fsp3) is 0.133. The van der Waals surface area contributed by atoms with Gasteiger partial charge in [-0.1, -0.05) is 60.1 Å². The summed E-state index contributed by atoms with van der Waals surface area (Å²) in [5, 5.41) is 1.92. The lowest BCUT2D eigenvalue weighted by atomic mass is 10.1. The third-order valence-corrected chi connectivity index (χ3v) is 7.38. The number of halogens is 2. The highest BCUT2D eigenvalue weighted by molar-refractivity contribution is 8.18. The summed E-state index contributed by atoms with van der Waals surface area (Å²) in [7, 11) is 1.48. The summed E-state index contributed by atoms with van der Waals surface area (Å²) in [5.74, 6) is 0.616. The molecular formula is C30H23ClFNO5S. The fourth-order valence-electron chi connectivity index (χ4n) is 4.13. The van der Waals surface area contributed by atoms with Crippen molar-refractivity contribution in [2.75, 3.05) is 20.3 Å². The Kier molecular flexibility index (Phi) is 8.05. The molecule has 1 saturated heterocycles. The lowest BCUT2D eigenvalue weighted by molar-refractivity contribution is -0.123. The van der Waals surface area contributed by atoms with Crippen LogP contribution in [0.3, 0.4) is 0 Å². The second-order valence-corrected chi connectivity index (χ2v) is 9.96. The Morgan fingerprint density at radius 3 is 2.54 bits per heavy atom. The molecule has 0 aromatic heterocycles. The van der Waals surface area contributed by atoms with Gasteiger partial charge in [0.1, 0.15) is 24.8 Å². The number of nitrogens with zero attached hydrogens (tertiary/aromatic N) is 1. The quantitative estimate of drug-likeness (QED) is 0.199. The molecule has 6 nitrogen and oxygen atoms in total. The van der Waals surface area contributed by atoms with Gasteiger partial charge in [-0.2, -0.15) is 0 Å². The Labute approximate surface area is 233 Å². The van der Waals surface area contributed by atoms with Crippen LogP contribution in [-0.2, 0) is 11.4 Å². The van der Waals surface area contributed by atoms with E-state index in [9.17, 15) is 14.0 Å². The van der Waals surface area contributed by atoms with Gasteiger partial charge >= 0.3 is 0 Å². The number of methoxy groups -OCH3 is 1. The van der Waals surface area contributed by atoms with Crippen LogP contribution in [0.4, 0.5) is 9.18 Å². The molecule has 0 radical (unpaired) electrons. The van der Waals surface area contributed by atoms with Gasteiger partial charge in [0.15, 0.2) is 11.5 Å². The number of benzene rings is 4. The summed E-state index contributed by atoms with van der Waals surface area (Å²) in [6, 6.07) is 23.1. The molecule has 1 fully saturated rings. The minimum Gasteiger partial charge on any atom is -0.493 e. The number of ether oxygens (including phenoxy) is 3. The molecule has 0 saturated carbocycles. The molecule has 2 amide bonds. The number of carbonyl (C=O) groups is 2. The minimum absolute atomic E-state index is 0.0824. The molecule has 5 rings (SSSR count). The van der Waals surface area contributed by atoms with E-state index in [1.54, 1.807) is 30.3 Å². The number of fused-ring (bicyclic) bond motifs is 1. The summed E-state index contributed by atoms with van der Waals surface area (Å²) in [4.78, 5) is 27.0.